The molecule has 0 aliphatic carbocycles. The minimum absolute atomic E-state index is 0.0374. The monoisotopic (exact) mass is 370 g/mol. The van der Waals surface area contributed by atoms with Gasteiger partial charge < -0.3 is 9.05 Å². The molecule has 0 aromatic heterocycles. The fourth-order valence-corrected chi connectivity index (χ4v) is 6.87. The van der Waals surface area contributed by atoms with E-state index in [1.807, 2.05) is 44.2 Å². The van der Waals surface area contributed by atoms with Gasteiger partial charge in [-0.25, -0.2) is 4.57 Å². The van der Waals surface area contributed by atoms with Crippen LogP contribution in [0.4, 0.5) is 0 Å². The Morgan fingerprint density at radius 2 is 1.75 bits per heavy atom. The first-order valence-corrected chi connectivity index (χ1v) is 11.1. The molecule has 0 fully saturated rings. The standard InChI is InChI=1S/C18H27O4PS/c1-6-21-23(20,22-7-2)24-18(5,15(3)4)17(19)14-13-16-11-9-8-10-12-16/h8-15H,6-7H2,1-5H3/b14-13+. The zero-order valence-corrected chi connectivity index (χ0v) is 16.7. The highest BCUT2D eigenvalue weighted by Gasteiger charge is 2.44. The smallest absolute Gasteiger partial charge is 0.301 e. The second kappa shape index (κ2) is 9.57. The maximum absolute atomic E-state index is 12.9. The van der Waals surface area contributed by atoms with E-state index in [-0.39, 0.29) is 24.9 Å². The number of hydrogen-bond acceptors (Lipinski definition) is 5. The van der Waals surface area contributed by atoms with Gasteiger partial charge in [0.15, 0.2) is 5.78 Å². The van der Waals surface area contributed by atoms with Gasteiger partial charge in [0.1, 0.15) is 0 Å². The highest BCUT2D eigenvalue weighted by molar-refractivity contribution is 8.56. The molecule has 6 heteroatoms. The Kier molecular flexibility index (Phi) is 8.44. The van der Waals surface area contributed by atoms with Crippen molar-refractivity contribution in [3.63, 3.8) is 0 Å². The van der Waals surface area contributed by atoms with Crippen LogP contribution in [0.2, 0.25) is 0 Å². The Balaban J connectivity index is 3.03. The highest BCUT2D eigenvalue weighted by Crippen LogP contribution is 2.66. The summed E-state index contributed by atoms with van der Waals surface area (Å²) in [6.45, 7) is 6.34. The fraction of sp³-hybridized carbons (Fsp3) is 0.500. The molecule has 0 heterocycles. The van der Waals surface area contributed by atoms with Crippen molar-refractivity contribution in [3.05, 3.63) is 42.0 Å². The Hall–Kier alpha value is -0.870. The Morgan fingerprint density at radius 1 is 1.21 bits per heavy atom. The van der Waals surface area contributed by atoms with Crippen molar-refractivity contribution in [1.82, 2.24) is 0 Å². The van der Waals surface area contributed by atoms with Gasteiger partial charge in [0.25, 0.3) is 0 Å². The van der Waals surface area contributed by atoms with E-state index in [1.165, 1.54) is 0 Å². The molecule has 0 aliphatic heterocycles. The average molecular weight is 370 g/mol. The number of benzene rings is 1. The van der Waals surface area contributed by atoms with Crippen LogP contribution < -0.4 is 0 Å². The van der Waals surface area contributed by atoms with Gasteiger partial charge in [0, 0.05) is 0 Å². The van der Waals surface area contributed by atoms with Gasteiger partial charge in [-0.1, -0.05) is 50.3 Å². The quantitative estimate of drug-likeness (QED) is 0.396. The lowest BCUT2D eigenvalue weighted by Gasteiger charge is -2.32. The molecule has 1 atom stereocenters. The first-order chi connectivity index (χ1) is 11.3. The van der Waals surface area contributed by atoms with Crippen LogP contribution in [0.1, 0.15) is 40.2 Å². The molecule has 0 saturated carbocycles. The molecule has 4 nitrogen and oxygen atoms in total. The fourth-order valence-electron chi connectivity index (χ4n) is 1.97. The lowest BCUT2D eigenvalue weighted by molar-refractivity contribution is -0.117. The molecule has 0 radical (unpaired) electrons. The maximum Gasteiger partial charge on any atom is 0.390 e. The third kappa shape index (κ3) is 5.89. The summed E-state index contributed by atoms with van der Waals surface area (Å²) >= 11 is 1.01. The summed E-state index contributed by atoms with van der Waals surface area (Å²) in [5.74, 6) is -0.143. The molecule has 0 aliphatic rings. The largest absolute Gasteiger partial charge is 0.390 e. The van der Waals surface area contributed by atoms with Crippen molar-refractivity contribution in [1.29, 1.82) is 0 Å². The van der Waals surface area contributed by atoms with E-state index in [2.05, 4.69) is 0 Å². The summed E-state index contributed by atoms with van der Waals surface area (Å²) < 4.78 is 22.7. The van der Waals surface area contributed by atoms with E-state index in [4.69, 9.17) is 9.05 Å². The number of carbonyl (C=O) groups is 1. The molecular weight excluding hydrogens is 343 g/mol. The van der Waals surface area contributed by atoms with Crippen molar-refractivity contribution < 1.29 is 18.4 Å². The molecule has 1 aromatic rings. The van der Waals surface area contributed by atoms with Crippen molar-refractivity contribution >= 4 is 30.0 Å². The van der Waals surface area contributed by atoms with E-state index in [0.29, 0.717) is 0 Å². The second-order valence-electron chi connectivity index (χ2n) is 5.74. The molecular formula is C18H27O4PS. The summed E-state index contributed by atoms with van der Waals surface area (Å²) in [5, 5.41) is 0. The Morgan fingerprint density at radius 3 is 2.21 bits per heavy atom. The average Bonchev–Trinajstić information content (AvgIpc) is 2.53. The molecule has 1 rings (SSSR count). The van der Waals surface area contributed by atoms with E-state index >= 15 is 0 Å². The molecule has 0 N–H and O–H groups in total. The lowest BCUT2D eigenvalue weighted by Crippen LogP contribution is -2.36. The first-order valence-electron chi connectivity index (χ1n) is 8.14. The second-order valence-corrected chi connectivity index (χ2v) is 10.1. The Labute approximate surface area is 149 Å². The topological polar surface area (TPSA) is 52.6 Å². The van der Waals surface area contributed by atoms with Crippen LogP contribution >= 0.6 is 18.2 Å². The predicted octanol–water partition coefficient (Wildman–Crippen LogP) is 5.60. The molecule has 134 valence electrons. The SMILES string of the molecule is CCOP(=O)(OCC)SC(C)(C(=O)/C=C/c1ccccc1)C(C)C. The van der Waals surface area contributed by atoms with Crippen molar-refractivity contribution in [2.45, 2.75) is 39.4 Å². The van der Waals surface area contributed by atoms with Crippen LogP contribution in [-0.2, 0) is 18.4 Å². The third-order valence-corrected chi connectivity index (χ3v) is 8.56. The minimum Gasteiger partial charge on any atom is -0.301 e. The number of allylic oxidation sites excluding steroid dienone is 1. The summed E-state index contributed by atoms with van der Waals surface area (Å²) in [4.78, 5) is 12.8. The minimum atomic E-state index is -3.38. The van der Waals surface area contributed by atoms with Crippen LogP contribution in [0.5, 0.6) is 0 Å². The summed E-state index contributed by atoms with van der Waals surface area (Å²) in [6, 6.07) is 9.61. The van der Waals surface area contributed by atoms with Crippen LogP contribution in [0.3, 0.4) is 0 Å². The molecule has 1 aromatic carbocycles. The first kappa shape index (κ1) is 21.2. The van der Waals surface area contributed by atoms with Crippen molar-refractivity contribution in [2.24, 2.45) is 5.92 Å². The van der Waals surface area contributed by atoms with E-state index in [1.54, 1.807) is 32.9 Å². The molecule has 1 unspecified atom stereocenters. The van der Waals surface area contributed by atoms with Gasteiger partial charge in [-0.15, -0.1) is 0 Å². The number of rotatable bonds is 10. The van der Waals surface area contributed by atoms with Gasteiger partial charge in [-0.3, -0.25) is 4.79 Å². The van der Waals surface area contributed by atoms with Crippen LogP contribution in [0.25, 0.3) is 6.08 Å². The van der Waals surface area contributed by atoms with E-state index < -0.39 is 11.5 Å². The predicted molar refractivity (Wildman–Crippen MR) is 102 cm³/mol. The highest BCUT2D eigenvalue weighted by atomic mass is 32.7. The number of ketones is 1. The molecule has 0 bridgehead atoms. The van der Waals surface area contributed by atoms with Crippen molar-refractivity contribution in [3.8, 4) is 0 Å². The van der Waals surface area contributed by atoms with Gasteiger partial charge in [-0.05, 0) is 49.7 Å². The zero-order chi connectivity index (χ0) is 18.2. The summed E-state index contributed by atoms with van der Waals surface area (Å²) in [7, 11) is 0. The lowest BCUT2D eigenvalue weighted by atomic mass is 9.92. The molecule has 0 spiro atoms. The van der Waals surface area contributed by atoms with E-state index in [0.717, 1.165) is 16.9 Å². The van der Waals surface area contributed by atoms with E-state index in [9.17, 15) is 9.36 Å². The van der Waals surface area contributed by atoms with Gasteiger partial charge >= 0.3 is 6.80 Å². The van der Waals surface area contributed by atoms with Crippen LogP contribution in [0.15, 0.2) is 36.4 Å². The van der Waals surface area contributed by atoms with Gasteiger partial charge in [0.2, 0.25) is 0 Å². The Bertz CT molecular complexity index is 590. The molecule has 0 saturated heterocycles. The molecule has 24 heavy (non-hydrogen) atoms. The number of hydrogen-bond donors (Lipinski definition) is 0. The summed E-state index contributed by atoms with van der Waals surface area (Å²) in [6.07, 6.45) is 3.32. The number of carbonyl (C=O) groups excluding carboxylic acids is 1. The van der Waals surface area contributed by atoms with Gasteiger partial charge in [-0.2, -0.15) is 0 Å². The van der Waals surface area contributed by atoms with Gasteiger partial charge in [0.05, 0.1) is 18.0 Å². The third-order valence-electron chi connectivity index (χ3n) is 3.69. The van der Waals surface area contributed by atoms with Crippen molar-refractivity contribution in [2.75, 3.05) is 13.2 Å². The molecule has 0 amide bonds. The van der Waals surface area contributed by atoms with Crippen LogP contribution in [0, 0.1) is 5.92 Å². The normalized spacial score (nSPS) is 14.9. The summed E-state index contributed by atoms with van der Waals surface area (Å²) in [5.41, 5.74) is 0.944. The van der Waals surface area contributed by atoms with Crippen LogP contribution in [-0.4, -0.2) is 23.7 Å². The zero-order valence-electron chi connectivity index (χ0n) is 15.0. The maximum atomic E-state index is 12.9.